The summed E-state index contributed by atoms with van der Waals surface area (Å²) in [6.45, 7) is 18.0. The third-order valence-corrected chi connectivity index (χ3v) is 11.0. The van der Waals surface area contributed by atoms with Crippen molar-refractivity contribution in [3.63, 3.8) is 0 Å². The fourth-order valence-electron chi connectivity index (χ4n) is 3.22. The van der Waals surface area contributed by atoms with Crippen molar-refractivity contribution in [1.29, 1.82) is 0 Å². The van der Waals surface area contributed by atoms with Crippen LogP contribution in [0.1, 0.15) is 55.4 Å². The van der Waals surface area contributed by atoms with Crippen molar-refractivity contribution in [3.05, 3.63) is 20.6 Å². The molecule has 0 bridgehead atoms. The second-order valence-corrected chi connectivity index (χ2v) is 11.9. The van der Waals surface area contributed by atoms with E-state index in [2.05, 4.69) is 63.5 Å². The molecule has 23 heavy (non-hydrogen) atoms. The molecule has 6 heteroatoms. The number of hydrogen-bond donors (Lipinski definition) is 2. The predicted octanol–water partition coefficient (Wildman–Crippen LogP) is 4.29. The molecule has 0 spiro atoms. The second-order valence-electron chi connectivity index (χ2n) is 7.04. The first kappa shape index (κ1) is 25.8. The van der Waals surface area contributed by atoms with Crippen LogP contribution in [0.3, 0.4) is 0 Å². The van der Waals surface area contributed by atoms with Crippen LogP contribution in [0.4, 0.5) is 0 Å². The molecule has 137 valence electrons. The Morgan fingerprint density at radius 2 is 1.70 bits per heavy atom. The molecule has 1 aliphatic rings. The summed E-state index contributed by atoms with van der Waals surface area (Å²) in [7, 11) is 0. The number of hydrogen-bond acceptors (Lipinski definition) is 3. The zero-order valence-electron chi connectivity index (χ0n) is 15.7. The van der Waals surface area contributed by atoms with Gasteiger partial charge in [-0.3, -0.25) is 0 Å². The van der Waals surface area contributed by atoms with Gasteiger partial charge in [0.15, 0.2) is 0 Å². The maximum atomic E-state index is 9.24. The summed E-state index contributed by atoms with van der Waals surface area (Å²) in [5.41, 5.74) is 4.22. The van der Waals surface area contributed by atoms with Gasteiger partial charge in [0.25, 0.3) is 0 Å². The molecule has 0 aromatic heterocycles. The molecule has 0 aromatic rings. The SMILES string of the molecule is C[CH]=[Ti]([NH]C(C)(C)C)([O]CCO)[C]1=C(C)C(C)=C(C)C1C.Cl.Cl. The van der Waals surface area contributed by atoms with Crippen LogP contribution >= 0.6 is 24.8 Å². The van der Waals surface area contributed by atoms with Gasteiger partial charge >= 0.3 is 134 Å². The van der Waals surface area contributed by atoms with E-state index in [4.69, 9.17) is 3.32 Å². The summed E-state index contributed by atoms with van der Waals surface area (Å²) in [5, 5.41) is 9.24. The Morgan fingerprint density at radius 3 is 2.00 bits per heavy atom. The number of nitrogens with one attached hydrogen (secondary N) is 1. The van der Waals surface area contributed by atoms with Crippen LogP contribution in [0.5, 0.6) is 0 Å². The Morgan fingerprint density at radius 1 is 1.17 bits per heavy atom. The first-order chi connectivity index (χ1) is 9.59. The quantitative estimate of drug-likeness (QED) is 0.673. The van der Waals surface area contributed by atoms with E-state index < -0.39 is 16.8 Å². The van der Waals surface area contributed by atoms with Gasteiger partial charge in [-0.2, -0.15) is 0 Å². The molecule has 1 rings (SSSR count). The first-order valence-electron chi connectivity index (χ1n) is 7.83. The average Bonchev–Trinajstić information content (AvgIpc) is 2.58. The molecule has 0 fully saturated rings. The first-order valence-corrected chi connectivity index (χ1v) is 10.9. The van der Waals surface area contributed by atoms with Crippen LogP contribution in [0, 0.1) is 5.92 Å². The van der Waals surface area contributed by atoms with Crippen molar-refractivity contribution < 1.29 is 25.2 Å². The Balaban J connectivity index is 0. The van der Waals surface area contributed by atoms with E-state index in [1.54, 1.807) is 0 Å². The second kappa shape index (κ2) is 9.86. The Hall–Kier alpha value is 0.524. The van der Waals surface area contributed by atoms with E-state index in [0.29, 0.717) is 12.5 Å². The van der Waals surface area contributed by atoms with E-state index in [1.807, 2.05) is 0 Å². The van der Waals surface area contributed by atoms with Crippen LogP contribution in [0.15, 0.2) is 20.6 Å². The van der Waals surface area contributed by atoms with Crippen molar-refractivity contribution >= 4 is 29.1 Å². The number of allylic oxidation sites excluding steroid dienone is 4. The molecule has 0 amide bonds. The van der Waals surface area contributed by atoms with E-state index in [1.165, 1.54) is 20.6 Å². The monoisotopic (exact) mass is 402 g/mol. The minimum absolute atomic E-state index is 0. The topological polar surface area (TPSA) is 41.5 Å². The molecule has 0 saturated carbocycles. The third-order valence-electron chi connectivity index (χ3n) is 4.43. The minimum Gasteiger partial charge on any atom is -0.147 e. The Bertz CT molecular complexity index is 519. The zero-order chi connectivity index (χ0) is 16.4. The van der Waals surface area contributed by atoms with Gasteiger partial charge in [-0.15, -0.1) is 24.8 Å². The van der Waals surface area contributed by atoms with Crippen molar-refractivity contribution in [2.45, 2.75) is 60.9 Å². The molecule has 0 aliphatic heterocycles. The van der Waals surface area contributed by atoms with Crippen LogP contribution in [-0.4, -0.2) is 28.2 Å². The Labute approximate surface area is 158 Å². The van der Waals surface area contributed by atoms with Gasteiger partial charge in [-0.25, -0.2) is 0 Å². The number of halogens is 2. The van der Waals surface area contributed by atoms with Gasteiger partial charge in [0, 0.05) is 0 Å². The molecule has 3 nitrogen and oxygen atoms in total. The van der Waals surface area contributed by atoms with E-state index >= 15 is 0 Å². The molecule has 0 saturated heterocycles. The molecule has 0 radical (unpaired) electrons. The normalized spacial score (nSPS) is 20.8. The molecule has 0 heterocycles. The molecule has 2 N–H and O–H groups in total. The summed E-state index contributed by atoms with van der Waals surface area (Å²) in [6.07, 6.45) is 0. The molecule has 1 aliphatic carbocycles. The summed E-state index contributed by atoms with van der Waals surface area (Å²) >= 11 is -3.02. The fourth-order valence-corrected chi connectivity index (χ4v) is 9.65. The van der Waals surface area contributed by atoms with Gasteiger partial charge < -0.3 is 0 Å². The van der Waals surface area contributed by atoms with Crippen LogP contribution in [0.2, 0.25) is 0 Å². The number of aliphatic hydroxyl groups is 1. The van der Waals surface area contributed by atoms with Crippen molar-refractivity contribution in [3.8, 4) is 0 Å². The third kappa shape index (κ3) is 5.78. The molecular weight excluding hydrogens is 369 g/mol. The van der Waals surface area contributed by atoms with Gasteiger partial charge in [0.1, 0.15) is 0 Å². The smallest absolute Gasteiger partial charge is 0.147 e. The van der Waals surface area contributed by atoms with Crippen molar-refractivity contribution in [2.75, 3.05) is 13.2 Å². The van der Waals surface area contributed by atoms with Gasteiger partial charge in [0.05, 0.1) is 0 Å². The molecule has 0 aromatic carbocycles. The maximum absolute atomic E-state index is 9.24. The average molecular weight is 403 g/mol. The van der Waals surface area contributed by atoms with E-state index in [9.17, 15) is 5.11 Å². The zero-order valence-corrected chi connectivity index (χ0v) is 18.9. The van der Waals surface area contributed by atoms with Crippen LogP contribution < -0.4 is 3.80 Å². The largest absolute Gasteiger partial charge is 0.147 e. The molecular formula is C17H34Cl2NO2Ti. The molecule has 2 unspecified atom stereocenters. The summed E-state index contributed by atoms with van der Waals surface area (Å²) in [5.74, 6) is 0.426. The number of rotatable bonds is 5. The standard InChI is InChI=1S/C9H13.C4H10N.C2H5O2.C2H4.2ClH.Ti/c1-6-5-7(2)9(4)8(6)3;1-4(2,3)5;3-1-2-4;1-2;;;/h6H,1-4H3;5H,1-3H3;3H,1-2H2;1H,2H3;2*1H;/q;2*-1;;;;+2. The Kier molecular flexibility index (Phi) is 11.0. The fraction of sp³-hybridized carbons (Fsp3) is 0.706. The van der Waals surface area contributed by atoms with Crippen molar-refractivity contribution in [2.24, 2.45) is 5.92 Å². The van der Waals surface area contributed by atoms with Crippen molar-refractivity contribution in [1.82, 2.24) is 3.80 Å². The summed E-state index contributed by atoms with van der Waals surface area (Å²) < 4.78 is 13.8. The summed E-state index contributed by atoms with van der Waals surface area (Å²) in [4.78, 5) is 0. The number of aliphatic hydroxyl groups excluding tert-OH is 1. The predicted molar refractivity (Wildman–Crippen MR) is 102 cm³/mol. The van der Waals surface area contributed by atoms with Gasteiger partial charge in [-0.1, -0.05) is 0 Å². The minimum atomic E-state index is -3.02. The van der Waals surface area contributed by atoms with Crippen LogP contribution in [0.25, 0.3) is 0 Å². The van der Waals surface area contributed by atoms with E-state index in [-0.39, 0.29) is 37.0 Å². The summed E-state index contributed by atoms with van der Waals surface area (Å²) in [6, 6.07) is 0. The van der Waals surface area contributed by atoms with E-state index in [0.717, 1.165) is 0 Å². The van der Waals surface area contributed by atoms with Gasteiger partial charge in [-0.05, 0) is 0 Å². The molecule has 2 atom stereocenters. The van der Waals surface area contributed by atoms with Crippen LogP contribution in [-0.2, 0) is 20.1 Å². The van der Waals surface area contributed by atoms with Gasteiger partial charge in [0.2, 0.25) is 0 Å². The maximum Gasteiger partial charge on any atom is -0.147 e.